The summed E-state index contributed by atoms with van der Waals surface area (Å²) in [4.78, 5) is 14.5. The predicted octanol–water partition coefficient (Wildman–Crippen LogP) is 2.30. The number of ether oxygens (including phenoxy) is 1. The molecule has 0 amide bonds. The number of carbonyl (C=O) groups is 1. The van der Waals surface area contributed by atoms with Gasteiger partial charge in [0.05, 0.1) is 7.11 Å². The zero-order chi connectivity index (χ0) is 11.5. The fourth-order valence-electron chi connectivity index (χ4n) is 1.41. The molecular formula is C11H8FNO3. The van der Waals surface area contributed by atoms with E-state index in [4.69, 9.17) is 9.15 Å². The summed E-state index contributed by atoms with van der Waals surface area (Å²) in [6.45, 7) is 0. The number of rotatable bonds is 3. The lowest BCUT2D eigenvalue weighted by Gasteiger charge is -2.05. The number of halogens is 1. The van der Waals surface area contributed by atoms with Crippen LogP contribution < -0.4 is 4.74 Å². The first-order valence-electron chi connectivity index (χ1n) is 4.49. The number of hydrogen-bond donors (Lipinski definition) is 0. The molecule has 2 aromatic rings. The predicted molar refractivity (Wildman–Crippen MR) is 53.8 cm³/mol. The molecule has 0 saturated heterocycles. The van der Waals surface area contributed by atoms with Crippen LogP contribution in [0.4, 0.5) is 4.39 Å². The highest BCUT2D eigenvalue weighted by molar-refractivity contribution is 5.84. The van der Waals surface area contributed by atoms with Crippen molar-refractivity contribution in [3.05, 3.63) is 36.2 Å². The average molecular weight is 221 g/mol. The van der Waals surface area contributed by atoms with Gasteiger partial charge < -0.3 is 9.15 Å². The second kappa shape index (κ2) is 4.14. The molecule has 0 bridgehead atoms. The monoisotopic (exact) mass is 221 g/mol. The van der Waals surface area contributed by atoms with Gasteiger partial charge in [0.15, 0.2) is 18.4 Å². The third-order valence-corrected chi connectivity index (χ3v) is 2.12. The summed E-state index contributed by atoms with van der Waals surface area (Å²) in [5.41, 5.74) is 0.657. The second-order valence-electron chi connectivity index (χ2n) is 3.03. The zero-order valence-electron chi connectivity index (χ0n) is 8.44. The Morgan fingerprint density at radius 3 is 3.00 bits per heavy atom. The molecule has 1 aromatic heterocycles. The molecule has 0 N–H and O–H groups in total. The number of nitrogens with zero attached hydrogens (tertiary/aromatic N) is 1. The van der Waals surface area contributed by atoms with E-state index in [2.05, 4.69) is 4.98 Å². The topological polar surface area (TPSA) is 52.3 Å². The van der Waals surface area contributed by atoms with Crippen LogP contribution in [0.3, 0.4) is 0 Å². The van der Waals surface area contributed by atoms with Gasteiger partial charge in [-0.3, -0.25) is 4.79 Å². The number of benzene rings is 1. The van der Waals surface area contributed by atoms with Crippen LogP contribution >= 0.6 is 0 Å². The van der Waals surface area contributed by atoms with Crippen molar-refractivity contribution in [1.29, 1.82) is 0 Å². The summed E-state index contributed by atoms with van der Waals surface area (Å²) >= 11 is 0. The van der Waals surface area contributed by atoms with Crippen molar-refractivity contribution in [3.8, 4) is 17.0 Å². The van der Waals surface area contributed by atoms with Gasteiger partial charge in [-0.05, 0) is 18.2 Å². The Bertz CT molecular complexity index is 522. The molecule has 0 atom stereocenters. The van der Waals surface area contributed by atoms with Gasteiger partial charge in [0, 0.05) is 5.56 Å². The highest BCUT2D eigenvalue weighted by Crippen LogP contribution is 2.31. The molecule has 0 unspecified atom stereocenters. The molecular weight excluding hydrogens is 213 g/mol. The van der Waals surface area contributed by atoms with Crippen LogP contribution in [0, 0.1) is 5.82 Å². The Labute approximate surface area is 90.7 Å². The second-order valence-corrected chi connectivity index (χ2v) is 3.03. The number of carbonyl (C=O) groups excluding carboxylic acids is 1. The number of aromatic nitrogens is 1. The summed E-state index contributed by atoms with van der Waals surface area (Å²) in [6.07, 6.45) is 1.65. The minimum atomic E-state index is -0.435. The van der Waals surface area contributed by atoms with E-state index < -0.39 is 5.82 Å². The normalized spacial score (nSPS) is 10.1. The van der Waals surface area contributed by atoms with Crippen LogP contribution in [-0.2, 0) is 0 Å². The summed E-state index contributed by atoms with van der Waals surface area (Å²) in [7, 11) is 1.46. The average Bonchev–Trinajstić information content (AvgIpc) is 2.76. The van der Waals surface area contributed by atoms with Crippen molar-refractivity contribution >= 4 is 6.29 Å². The van der Waals surface area contributed by atoms with Crippen LogP contribution in [0.5, 0.6) is 5.75 Å². The lowest BCUT2D eigenvalue weighted by molar-refractivity contribution is 0.110. The SMILES string of the molecule is COc1ccc(F)cc1-c1ncoc1C=O. The maximum atomic E-state index is 13.1. The van der Waals surface area contributed by atoms with Gasteiger partial charge in [0.25, 0.3) is 0 Å². The van der Waals surface area contributed by atoms with Gasteiger partial charge in [0.1, 0.15) is 17.3 Å². The first kappa shape index (κ1) is 10.4. The Morgan fingerprint density at radius 2 is 2.31 bits per heavy atom. The smallest absolute Gasteiger partial charge is 0.194 e. The minimum absolute atomic E-state index is 0.0453. The van der Waals surface area contributed by atoms with Crippen LogP contribution in [0.25, 0.3) is 11.3 Å². The van der Waals surface area contributed by atoms with Crippen molar-refractivity contribution < 1.29 is 18.3 Å². The van der Waals surface area contributed by atoms with Gasteiger partial charge in [-0.1, -0.05) is 0 Å². The maximum Gasteiger partial charge on any atom is 0.194 e. The fourth-order valence-corrected chi connectivity index (χ4v) is 1.41. The zero-order valence-corrected chi connectivity index (χ0v) is 8.44. The molecule has 0 aliphatic rings. The minimum Gasteiger partial charge on any atom is -0.496 e. The molecule has 0 saturated carbocycles. The van der Waals surface area contributed by atoms with E-state index in [0.29, 0.717) is 17.6 Å². The van der Waals surface area contributed by atoms with Crippen molar-refractivity contribution in [2.24, 2.45) is 0 Å². The Balaban J connectivity index is 2.62. The summed E-state index contributed by atoms with van der Waals surface area (Å²) in [5.74, 6) is 0.0398. The van der Waals surface area contributed by atoms with E-state index in [-0.39, 0.29) is 11.5 Å². The van der Waals surface area contributed by atoms with Crippen LogP contribution in [0.2, 0.25) is 0 Å². The van der Waals surface area contributed by atoms with Crippen LogP contribution in [-0.4, -0.2) is 18.4 Å². The van der Waals surface area contributed by atoms with Gasteiger partial charge in [-0.25, -0.2) is 9.37 Å². The third kappa shape index (κ3) is 1.67. The van der Waals surface area contributed by atoms with E-state index in [1.54, 1.807) is 0 Å². The van der Waals surface area contributed by atoms with Crippen molar-refractivity contribution in [2.45, 2.75) is 0 Å². The first-order chi connectivity index (χ1) is 7.76. The van der Waals surface area contributed by atoms with Gasteiger partial charge in [0.2, 0.25) is 0 Å². The number of oxazole rings is 1. The van der Waals surface area contributed by atoms with E-state index in [1.165, 1.54) is 25.3 Å². The molecule has 82 valence electrons. The lowest BCUT2D eigenvalue weighted by atomic mass is 10.1. The van der Waals surface area contributed by atoms with Gasteiger partial charge >= 0.3 is 0 Å². The molecule has 4 nitrogen and oxygen atoms in total. The van der Waals surface area contributed by atoms with Crippen LogP contribution in [0.1, 0.15) is 10.6 Å². The molecule has 1 heterocycles. The van der Waals surface area contributed by atoms with Crippen molar-refractivity contribution in [2.75, 3.05) is 7.11 Å². The standard InChI is InChI=1S/C11H8FNO3/c1-15-9-3-2-7(12)4-8(9)11-10(5-14)16-6-13-11/h2-6H,1H3. The number of aldehydes is 1. The Hall–Kier alpha value is -2.17. The molecule has 1 aromatic carbocycles. The molecule has 2 rings (SSSR count). The molecule has 5 heteroatoms. The van der Waals surface area contributed by atoms with Gasteiger partial charge in [-0.2, -0.15) is 0 Å². The van der Waals surface area contributed by atoms with Crippen LogP contribution in [0.15, 0.2) is 29.0 Å². The Morgan fingerprint density at radius 1 is 1.50 bits per heavy atom. The molecule has 0 radical (unpaired) electrons. The largest absolute Gasteiger partial charge is 0.496 e. The molecule has 0 aliphatic carbocycles. The summed E-state index contributed by atoms with van der Waals surface area (Å²) < 4.78 is 23.0. The lowest BCUT2D eigenvalue weighted by Crippen LogP contribution is -1.91. The quantitative estimate of drug-likeness (QED) is 0.746. The van der Waals surface area contributed by atoms with E-state index >= 15 is 0 Å². The Kier molecular flexibility index (Phi) is 2.68. The van der Waals surface area contributed by atoms with E-state index in [1.807, 2.05) is 0 Å². The molecule has 0 fully saturated rings. The highest BCUT2D eigenvalue weighted by Gasteiger charge is 2.15. The van der Waals surface area contributed by atoms with E-state index in [0.717, 1.165) is 6.39 Å². The molecule has 0 aliphatic heterocycles. The fraction of sp³-hybridized carbons (Fsp3) is 0.0909. The number of hydrogen-bond acceptors (Lipinski definition) is 4. The number of methoxy groups -OCH3 is 1. The molecule has 0 spiro atoms. The molecule has 16 heavy (non-hydrogen) atoms. The van der Waals surface area contributed by atoms with E-state index in [9.17, 15) is 9.18 Å². The summed E-state index contributed by atoms with van der Waals surface area (Å²) in [5, 5.41) is 0. The summed E-state index contributed by atoms with van der Waals surface area (Å²) in [6, 6.07) is 3.97. The maximum absolute atomic E-state index is 13.1. The highest BCUT2D eigenvalue weighted by atomic mass is 19.1. The third-order valence-electron chi connectivity index (χ3n) is 2.12. The van der Waals surface area contributed by atoms with Crippen molar-refractivity contribution in [3.63, 3.8) is 0 Å². The first-order valence-corrected chi connectivity index (χ1v) is 4.49. The van der Waals surface area contributed by atoms with Gasteiger partial charge in [-0.15, -0.1) is 0 Å². The van der Waals surface area contributed by atoms with Crippen molar-refractivity contribution in [1.82, 2.24) is 4.98 Å².